The molecule has 0 atom stereocenters. The van der Waals surface area contributed by atoms with Crippen LogP contribution in [0.4, 0.5) is 11.6 Å². The van der Waals surface area contributed by atoms with Gasteiger partial charge in [0.25, 0.3) is 5.91 Å². The number of carbonyl (C=O) groups excluding carboxylic acids is 1. The molecule has 27 heavy (non-hydrogen) atoms. The minimum atomic E-state index is -0.381. The molecule has 0 spiro atoms. The third-order valence-corrected chi connectivity index (χ3v) is 3.74. The number of carbonyl (C=O) groups is 1. The Morgan fingerprint density at radius 3 is 2.70 bits per heavy atom. The molecule has 0 unspecified atom stereocenters. The van der Waals surface area contributed by atoms with E-state index >= 15 is 0 Å². The van der Waals surface area contributed by atoms with Gasteiger partial charge in [0, 0.05) is 11.8 Å². The molecule has 1 aromatic carbocycles. The van der Waals surface area contributed by atoms with Gasteiger partial charge in [0.15, 0.2) is 0 Å². The van der Waals surface area contributed by atoms with E-state index in [1.54, 1.807) is 50.6 Å². The predicted octanol–water partition coefficient (Wildman–Crippen LogP) is 3.26. The minimum Gasteiger partial charge on any atom is -0.497 e. The van der Waals surface area contributed by atoms with E-state index in [1.165, 1.54) is 7.11 Å². The van der Waals surface area contributed by atoms with Crippen LogP contribution in [0.15, 0.2) is 47.1 Å². The number of methoxy groups -OCH3 is 2. The van der Waals surface area contributed by atoms with Gasteiger partial charge in [-0.2, -0.15) is 0 Å². The fourth-order valence-corrected chi connectivity index (χ4v) is 2.44. The number of anilines is 2. The Morgan fingerprint density at radius 1 is 1.15 bits per heavy atom. The zero-order valence-corrected chi connectivity index (χ0v) is 15.3. The highest BCUT2D eigenvalue weighted by molar-refractivity contribution is 6.04. The fraction of sp³-hybridized carbons (Fsp3) is 0.211. The number of furan rings is 1. The van der Waals surface area contributed by atoms with Crippen molar-refractivity contribution in [2.24, 2.45) is 0 Å². The lowest BCUT2D eigenvalue weighted by Gasteiger charge is -2.12. The van der Waals surface area contributed by atoms with Gasteiger partial charge in [-0.1, -0.05) is 0 Å². The highest BCUT2D eigenvalue weighted by atomic mass is 16.5. The summed E-state index contributed by atoms with van der Waals surface area (Å²) in [6.07, 6.45) is 1.59. The van der Waals surface area contributed by atoms with Crippen molar-refractivity contribution in [1.82, 2.24) is 9.97 Å². The Balaban J connectivity index is 1.78. The second-order valence-corrected chi connectivity index (χ2v) is 5.67. The lowest BCUT2D eigenvalue weighted by atomic mass is 10.2. The maximum absolute atomic E-state index is 12.7. The van der Waals surface area contributed by atoms with Crippen molar-refractivity contribution < 1.29 is 18.7 Å². The monoisotopic (exact) mass is 368 g/mol. The van der Waals surface area contributed by atoms with Crippen LogP contribution in [0, 0.1) is 6.92 Å². The normalized spacial score (nSPS) is 10.3. The summed E-state index contributed by atoms with van der Waals surface area (Å²) in [6, 6.07) is 10.4. The Bertz CT molecular complexity index is 925. The van der Waals surface area contributed by atoms with Gasteiger partial charge in [-0.15, -0.1) is 0 Å². The van der Waals surface area contributed by atoms with Crippen molar-refractivity contribution >= 4 is 17.5 Å². The standard InChI is InChI=1S/C19H20N4O4/c1-12-9-16(23-19(21-12)20-11-14-5-4-8-27-14)18(24)22-15-10-13(25-2)6-7-17(15)26-3/h4-10H,11H2,1-3H3,(H,22,24)(H,20,21,23). The Labute approximate surface area is 156 Å². The summed E-state index contributed by atoms with van der Waals surface area (Å²) in [6.45, 7) is 2.21. The summed E-state index contributed by atoms with van der Waals surface area (Å²) in [5, 5.41) is 5.84. The van der Waals surface area contributed by atoms with Crippen LogP contribution in [0.1, 0.15) is 21.9 Å². The summed E-state index contributed by atoms with van der Waals surface area (Å²) in [5.74, 6) is 1.83. The molecule has 1 amide bonds. The van der Waals surface area contributed by atoms with Gasteiger partial charge in [0.2, 0.25) is 5.95 Å². The van der Waals surface area contributed by atoms with Gasteiger partial charge in [-0.3, -0.25) is 4.79 Å². The van der Waals surface area contributed by atoms with Crippen LogP contribution in [0.3, 0.4) is 0 Å². The largest absolute Gasteiger partial charge is 0.497 e. The molecule has 8 heteroatoms. The molecule has 0 aliphatic rings. The van der Waals surface area contributed by atoms with Crippen LogP contribution in [-0.2, 0) is 6.54 Å². The van der Waals surface area contributed by atoms with E-state index in [4.69, 9.17) is 13.9 Å². The van der Waals surface area contributed by atoms with Crippen molar-refractivity contribution in [2.75, 3.05) is 24.9 Å². The molecule has 0 saturated carbocycles. The Hall–Kier alpha value is -3.55. The van der Waals surface area contributed by atoms with Crippen LogP contribution in [0.2, 0.25) is 0 Å². The van der Waals surface area contributed by atoms with E-state index in [0.29, 0.717) is 35.4 Å². The van der Waals surface area contributed by atoms with Crippen molar-refractivity contribution in [3.8, 4) is 11.5 Å². The van der Waals surface area contributed by atoms with E-state index in [1.807, 2.05) is 6.07 Å². The molecular weight excluding hydrogens is 348 g/mol. The number of amides is 1. The fourth-order valence-electron chi connectivity index (χ4n) is 2.44. The molecular formula is C19H20N4O4. The Morgan fingerprint density at radius 2 is 2.00 bits per heavy atom. The number of hydrogen-bond acceptors (Lipinski definition) is 7. The van der Waals surface area contributed by atoms with Gasteiger partial charge in [-0.05, 0) is 37.3 Å². The third-order valence-electron chi connectivity index (χ3n) is 3.74. The average molecular weight is 368 g/mol. The first kappa shape index (κ1) is 18.2. The first-order valence-corrected chi connectivity index (χ1v) is 8.24. The zero-order valence-electron chi connectivity index (χ0n) is 15.3. The predicted molar refractivity (Wildman–Crippen MR) is 100 cm³/mol. The second-order valence-electron chi connectivity index (χ2n) is 5.67. The lowest BCUT2D eigenvalue weighted by Crippen LogP contribution is -2.16. The SMILES string of the molecule is COc1ccc(OC)c(NC(=O)c2cc(C)nc(NCc3ccco3)n2)c1. The highest BCUT2D eigenvalue weighted by Crippen LogP contribution is 2.29. The summed E-state index contributed by atoms with van der Waals surface area (Å²) < 4.78 is 15.7. The summed E-state index contributed by atoms with van der Waals surface area (Å²) in [7, 11) is 3.08. The van der Waals surface area contributed by atoms with Crippen LogP contribution < -0.4 is 20.1 Å². The van der Waals surface area contributed by atoms with Crippen LogP contribution in [0.25, 0.3) is 0 Å². The molecule has 0 aliphatic carbocycles. The number of ether oxygens (including phenoxy) is 2. The molecule has 0 aliphatic heterocycles. The third kappa shape index (κ3) is 4.55. The smallest absolute Gasteiger partial charge is 0.274 e. The number of aromatic nitrogens is 2. The second kappa shape index (κ2) is 8.22. The molecule has 3 aromatic rings. The summed E-state index contributed by atoms with van der Waals surface area (Å²) >= 11 is 0. The number of benzene rings is 1. The number of nitrogens with zero attached hydrogens (tertiary/aromatic N) is 2. The molecule has 2 heterocycles. The molecule has 0 fully saturated rings. The molecule has 0 radical (unpaired) electrons. The maximum Gasteiger partial charge on any atom is 0.274 e. The van der Waals surface area contributed by atoms with Gasteiger partial charge in [-0.25, -0.2) is 9.97 Å². The number of rotatable bonds is 7. The van der Waals surface area contributed by atoms with E-state index in [0.717, 1.165) is 5.76 Å². The van der Waals surface area contributed by atoms with Gasteiger partial charge in [0.1, 0.15) is 23.0 Å². The van der Waals surface area contributed by atoms with Crippen molar-refractivity contribution in [3.63, 3.8) is 0 Å². The molecule has 2 aromatic heterocycles. The molecule has 0 saturated heterocycles. The first-order chi connectivity index (χ1) is 13.1. The van der Waals surface area contributed by atoms with Crippen LogP contribution in [-0.4, -0.2) is 30.1 Å². The number of nitrogens with one attached hydrogen (secondary N) is 2. The van der Waals surface area contributed by atoms with Crippen molar-refractivity contribution in [1.29, 1.82) is 0 Å². The highest BCUT2D eigenvalue weighted by Gasteiger charge is 2.14. The van der Waals surface area contributed by atoms with Gasteiger partial charge in [0.05, 0.1) is 32.7 Å². The number of hydrogen-bond donors (Lipinski definition) is 2. The lowest BCUT2D eigenvalue weighted by molar-refractivity contribution is 0.102. The van der Waals surface area contributed by atoms with E-state index < -0.39 is 0 Å². The summed E-state index contributed by atoms with van der Waals surface area (Å²) in [4.78, 5) is 21.2. The van der Waals surface area contributed by atoms with Crippen LogP contribution >= 0.6 is 0 Å². The maximum atomic E-state index is 12.7. The van der Waals surface area contributed by atoms with Crippen molar-refractivity contribution in [3.05, 3.63) is 59.8 Å². The van der Waals surface area contributed by atoms with E-state index in [9.17, 15) is 4.79 Å². The first-order valence-electron chi connectivity index (χ1n) is 8.24. The topological polar surface area (TPSA) is 98.5 Å². The molecule has 8 nitrogen and oxygen atoms in total. The quantitative estimate of drug-likeness (QED) is 0.660. The zero-order chi connectivity index (χ0) is 19.2. The minimum absolute atomic E-state index is 0.231. The Kier molecular flexibility index (Phi) is 5.55. The molecule has 0 bridgehead atoms. The average Bonchev–Trinajstić information content (AvgIpc) is 3.19. The molecule has 2 N–H and O–H groups in total. The molecule has 140 valence electrons. The van der Waals surface area contributed by atoms with Crippen molar-refractivity contribution in [2.45, 2.75) is 13.5 Å². The van der Waals surface area contributed by atoms with E-state index in [-0.39, 0.29) is 11.6 Å². The van der Waals surface area contributed by atoms with Gasteiger partial charge >= 0.3 is 0 Å². The number of aryl methyl sites for hydroxylation is 1. The van der Waals surface area contributed by atoms with Crippen LogP contribution in [0.5, 0.6) is 11.5 Å². The molecule has 3 rings (SSSR count). The van der Waals surface area contributed by atoms with E-state index in [2.05, 4.69) is 20.6 Å². The summed E-state index contributed by atoms with van der Waals surface area (Å²) in [5.41, 5.74) is 1.38. The van der Waals surface area contributed by atoms with Gasteiger partial charge < -0.3 is 24.5 Å².